The van der Waals surface area contributed by atoms with E-state index in [1.807, 2.05) is 0 Å². The number of hydrogen-bond acceptors (Lipinski definition) is 3. The average molecular weight is 925 g/mol. The first-order chi connectivity index (χ1) is 32.6. The van der Waals surface area contributed by atoms with Crippen LogP contribution in [0, 0.1) is 0 Å². The SMILES string of the molecule is CC(C)(C)c1ccc(N2c3cc(C(C)(C)C)cc4c3B(c3c2oc2cc5c(cc32)C(C)(C)CCC5(C)C)N(c2ccc3c(c2)C(C)(C)CCC3(C)C)c2cc(C(C)(C)C)ccc2-4)c(-c2ccccc2)c1. The van der Waals surface area contributed by atoms with Gasteiger partial charge in [0.25, 0.3) is 0 Å². The maximum atomic E-state index is 7.75. The fraction of sp³-hybridized carbons (Fsp3) is 0.424. The lowest BCUT2D eigenvalue weighted by atomic mass is 9.43. The van der Waals surface area contributed by atoms with Crippen molar-refractivity contribution < 1.29 is 4.42 Å². The summed E-state index contributed by atoms with van der Waals surface area (Å²) in [6, 6.07) is 43.3. The van der Waals surface area contributed by atoms with Crippen molar-refractivity contribution in [1.29, 1.82) is 0 Å². The maximum Gasteiger partial charge on any atom is 0.337 e. The summed E-state index contributed by atoms with van der Waals surface area (Å²) in [7, 11) is 0. The number of nitrogens with zero attached hydrogens (tertiary/aromatic N) is 2. The molecule has 0 saturated carbocycles. The van der Waals surface area contributed by atoms with Gasteiger partial charge >= 0.3 is 6.85 Å². The van der Waals surface area contributed by atoms with E-state index >= 15 is 0 Å². The summed E-state index contributed by atoms with van der Waals surface area (Å²) in [6.45, 7) is 40.6. The third-order valence-electron chi connectivity index (χ3n) is 17.7. The molecule has 3 nitrogen and oxygen atoms in total. The van der Waals surface area contributed by atoms with Crippen LogP contribution in [-0.4, -0.2) is 6.85 Å². The van der Waals surface area contributed by atoms with Crippen molar-refractivity contribution in [1.82, 2.24) is 0 Å². The minimum absolute atomic E-state index is 0.0167. The van der Waals surface area contributed by atoms with Gasteiger partial charge in [-0.3, -0.25) is 4.90 Å². The largest absolute Gasteiger partial charge is 0.440 e. The third kappa shape index (κ3) is 7.18. The Kier molecular flexibility index (Phi) is 10.1. The number of anilines is 5. The molecule has 0 amide bonds. The lowest BCUT2D eigenvalue weighted by molar-refractivity contribution is 0.332. The molecule has 360 valence electrons. The molecule has 6 aromatic carbocycles. The van der Waals surface area contributed by atoms with Crippen molar-refractivity contribution in [2.75, 3.05) is 9.71 Å². The molecule has 7 aromatic rings. The molecule has 4 aliphatic rings. The minimum Gasteiger partial charge on any atom is -0.440 e. The van der Waals surface area contributed by atoms with E-state index in [2.05, 4.69) is 237 Å². The first kappa shape index (κ1) is 46.9. The lowest BCUT2D eigenvalue weighted by Gasteiger charge is -2.47. The molecule has 11 rings (SSSR count). The monoisotopic (exact) mass is 925 g/mol. The molecule has 2 aliphatic heterocycles. The topological polar surface area (TPSA) is 19.6 Å². The molecule has 0 N–H and O–H groups in total. The van der Waals surface area contributed by atoms with Gasteiger partial charge in [0.15, 0.2) is 0 Å². The molecule has 3 heterocycles. The molecule has 0 spiro atoms. The minimum atomic E-state index is -0.182. The number of furan rings is 1. The van der Waals surface area contributed by atoms with Gasteiger partial charge in [0.05, 0.1) is 5.69 Å². The zero-order valence-corrected chi connectivity index (χ0v) is 45.6. The molecule has 0 radical (unpaired) electrons. The summed E-state index contributed by atoms with van der Waals surface area (Å²) < 4.78 is 7.75. The highest BCUT2D eigenvalue weighted by atomic mass is 16.4. The average Bonchev–Trinajstić information content (AvgIpc) is 3.66. The number of rotatable bonds is 3. The molecule has 0 unspecified atom stereocenters. The van der Waals surface area contributed by atoms with Crippen molar-refractivity contribution in [2.45, 2.75) is 181 Å². The lowest BCUT2D eigenvalue weighted by Crippen LogP contribution is -2.61. The Morgan fingerprint density at radius 2 is 0.971 bits per heavy atom. The predicted octanol–water partition coefficient (Wildman–Crippen LogP) is 17.4. The summed E-state index contributed by atoms with van der Waals surface area (Å²) in [5, 5.41) is 1.22. The molecule has 4 heteroatoms. The summed E-state index contributed by atoms with van der Waals surface area (Å²) in [4.78, 5) is 5.31. The molecule has 70 heavy (non-hydrogen) atoms. The summed E-state index contributed by atoms with van der Waals surface area (Å²) in [5.41, 5.74) is 23.1. The molecule has 0 bridgehead atoms. The molecule has 1 aromatic heterocycles. The smallest absolute Gasteiger partial charge is 0.337 e. The normalized spacial score (nSPS) is 18.5. The highest BCUT2D eigenvalue weighted by molar-refractivity contribution is 6.95. The Labute approximate surface area is 421 Å². The van der Waals surface area contributed by atoms with Gasteiger partial charge in [0.2, 0.25) is 5.88 Å². The Hall–Kier alpha value is -5.48. The molecule has 0 saturated heterocycles. The molecular formula is C66H77BN2O. The first-order valence-corrected chi connectivity index (χ1v) is 26.5. The van der Waals surface area contributed by atoms with E-state index in [4.69, 9.17) is 4.42 Å². The second-order valence-corrected chi connectivity index (χ2v) is 27.6. The van der Waals surface area contributed by atoms with Crippen LogP contribution in [0.25, 0.3) is 33.2 Å². The van der Waals surface area contributed by atoms with Crippen LogP contribution in [0.4, 0.5) is 28.6 Å². The van der Waals surface area contributed by atoms with Gasteiger partial charge in [0.1, 0.15) is 5.58 Å². The van der Waals surface area contributed by atoms with Crippen LogP contribution in [0.2, 0.25) is 0 Å². The first-order valence-electron chi connectivity index (χ1n) is 26.5. The molecule has 0 atom stereocenters. The second kappa shape index (κ2) is 15.0. The highest BCUT2D eigenvalue weighted by Gasteiger charge is 2.50. The Balaban J connectivity index is 1.33. The van der Waals surface area contributed by atoms with Gasteiger partial charge in [-0.2, -0.15) is 0 Å². The van der Waals surface area contributed by atoms with Crippen molar-refractivity contribution in [2.24, 2.45) is 0 Å². The van der Waals surface area contributed by atoms with Crippen LogP contribution in [0.3, 0.4) is 0 Å². The Morgan fingerprint density at radius 3 is 1.59 bits per heavy atom. The van der Waals surface area contributed by atoms with E-state index in [9.17, 15) is 0 Å². The van der Waals surface area contributed by atoms with E-state index in [1.165, 1.54) is 101 Å². The molecule has 0 fully saturated rings. The van der Waals surface area contributed by atoms with Crippen LogP contribution in [0.5, 0.6) is 0 Å². The van der Waals surface area contributed by atoms with Gasteiger partial charge < -0.3 is 9.23 Å². The zero-order valence-electron chi connectivity index (χ0n) is 45.6. The van der Waals surface area contributed by atoms with E-state index in [1.54, 1.807) is 0 Å². The van der Waals surface area contributed by atoms with Crippen LogP contribution in [-0.2, 0) is 37.9 Å². The fourth-order valence-electron chi connectivity index (χ4n) is 12.7. The Bertz CT molecular complexity index is 3280. The standard InChI is InChI=1S/C66H77BN2O/c1-60(2,3)41-24-28-53(46(33-41)40-21-19-18-20-22-40)68-55-36-43(62(7,8)9)34-47-45-26-23-42(61(4,5)6)35-54(45)69(44-25-27-49-50(37-44)64(12,13)30-29-63(49,10)11)67(57(47)55)58-48-38-51-52(39-56(48)70-59(58)68)66(16,17)32-31-65(51,14)15/h18-28,33-39H,29-32H2,1-17H3. The zero-order chi connectivity index (χ0) is 50.0. The van der Waals surface area contributed by atoms with E-state index in [-0.39, 0.29) is 44.8 Å². The van der Waals surface area contributed by atoms with E-state index in [0.717, 1.165) is 36.4 Å². The quantitative estimate of drug-likeness (QED) is 0.165. The van der Waals surface area contributed by atoms with Gasteiger partial charge in [-0.15, -0.1) is 0 Å². The molecule has 2 aliphatic carbocycles. The van der Waals surface area contributed by atoms with Crippen molar-refractivity contribution in [3.05, 3.63) is 148 Å². The van der Waals surface area contributed by atoms with Crippen LogP contribution < -0.4 is 20.6 Å². The Morgan fingerprint density at radius 1 is 0.443 bits per heavy atom. The maximum absolute atomic E-state index is 7.75. The fourth-order valence-corrected chi connectivity index (χ4v) is 12.7. The van der Waals surface area contributed by atoms with Crippen molar-refractivity contribution >= 4 is 57.4 Å². The summed E-state index contributed by atoms with van der Waals surface area (Å²) in [5.74, 6) is 0.919. The van der Waals surface area contributed by atoms with Gasteiger partial charge in [-0.1, -0.05) is 178 Å². The van der Waals surface area contributed by atoms with Crippen molar-refractivity contribution in [3.8, 4) is 22.3 Å². The van der Waals surface area contributed by atoms with Gasteiger partial charge in [-0.05, 0) is 168 Å². The predicted molar refractivity (Wildman–Crippen MR) is 302 cm³/mol. The highest BCUT2D eigenvalue weighted by Crippen LogP contribution is 2.55. The van der Waals surface area contributed by atoms with E-state index < -0.39 is 0 Å². The second-order valence-electron chi connectivity index (χ2n) is 27.6. The summed E-state index contributed by atoms with van der Waals surface area (Å²) in [6.07, 6.45) is 4.63. The van der Waals surface area contributed by atoms with Crippen molar-refractivity contribution in [3.63, 3.8) is 0 Å². The van der Waals surface area contributed by atoms with Crippen LogP contribution >= 0.6 is 0 Å². The molecular weight excluding hydrogens is 848 g/mol. The number of fused-ring (bicyclic) bond motifs is 8. The third-order valence-corrected chi connectivity index (χ3v) is 17.7. The van der Waals surface area contributed by atoms with Crippen LogP contribution in [0.1, 0.15) is 182 Å². The van der Waals surface area contributed by atoms with Gasteiger partial charge in [-0.25, -0.2) is 0 Å². The van der Waals surface area contributed by atoms with E-state index in [0.29, 0.717) is 0 Å². The van der Waals surface area contributed by atoms with Crippen LogP contribution in [0.15, 0.2) is 114 Å². The van der Waals surface area contributed by atoms with Gasteiger partial charge in [0, 0.05) is 39.0 Å². The summed E-state index contributed by atoms with van der Waals surface area (Å²) >= 11 is 0. The number of benzene rings is 6. The number of hydrogen-bond donors (Lipinski definition) is 0.